The summed E-state index contributed by atoms with van der Waals surface area (Å²) in [6.07, 6.45) is 1.83. The lowest BCUT2D eigenvalue weighted by Gasteiger charge is -2.11. The molecule has 0 radical (unpaired) electrons. The SMILES string of the molecule is COc1c(C)cnc(CSc2nnc(C(C)(C)C)o2)c1C. The first-order valence-corrected chi connectivity index (χ1v) is 7.77. The van der Waals surface area contributed by atoms with Gasteiger partial charge in [-0.3, -0.25) is 4.98 Å². The standard InChI is InChI=1S/C15H21N3O2S/c1-9-7-16-11(10(2)12(9)19-6)8-21-14-18-17-13(20-14)15(3,4)5/h7H,8H2,1-6H3. The molecule has 0 bridgehead atoms. The lowest BCUT2D eigenvalue weighted by atomic mass is 9.97. The van der Waals surface area contributed by atoms with E-state index >= 15 is 0 Å². The van der Waals surface area contributed by atoms with E-state index in [1.165, 1.54) is 11.8 Å². The molecule has 0 unspecified atom stereocenters. The van der Waals surface area contributed by atoms with Gasteiger partial charge in [-0.1, -0.05) is 32.5 Å². The Labute approximate surface area is 129 Å². The summed E-state index contributed by atoms with van der Waals surface area (Å²) in [6.45, 7) is 10.1. The van der Waals surface area contributed by atoms with Crippen LogP contribution in [0.1, 0.15) is 43.5 Å². The minimum absolute atomic E-state index is 0.132. The first-order valence-electron chi connectivity index (χ1n) is 6.78. The number of aryl methyl sites for hydroxylation is 1. The summed E-state index contributed by atoms with van der Waals surface area (Å²) in [5.41, 5.74) is 2.93. The molecular weight excluding hydrogens is 286 g/mol. The van der Waals surface area contributed by atoms with Gasteiger partial charge in [-0.25, -0.2) is 0 Å². The smallest absolute Gasteiger partial charge is 0.276 e. The summed E-state index contributed by atoms with van der Waals surface area (Å²) in [6, 6.07) is 0. The zero-order chi connectivity index (χ0) is 15.6. The molecule has 21 heavy (non-hydrogen) atoms. The number of ether oxygens (including phenoxy) is 1. The van der Waals surface area contributed by atoms with Gasteiger partial charge in [0.15, 0.2) is 0 Å². The molecule has 0 saturated heterocycles. The summed E-state index contributed by atoms with van der Waals surface area (Å²) in [4.78, 5) is 4.47. The second-order valence-electron chi connectivity index (χ2n) is 5.96. The Kier molecular flexibility index (Phi) is 4.56. The lowest BCUT2D eigenvalue weighted by molar-refractivity contribution is 0.347. The molecule has 0 aliphatic carbocycles. The van der Waals surface area contributed by atoms with Crippen molar-refractivity contribution in [3.8, 4) is 5.75 Å². The molecule has 0 atom stereocenters. The van der Waals surface area contributed by atoms with E-state index in [4.69, 9.17) is 9.15 Å². The van der Waals surface area contributed by atoms with Crippen LogP contribution in [-0.2, 0) is 11.2 Å². The van der Waals surface area contributed by atoms with E-state index in [9.17, 15) is 0 Å². The highest BCUT2D eigenvalue weighted by molar-refractivity contribution is 7.98. The maximum atomic E-state index is 5.67. The van der Waals surface area contributed by atoms with Crippen molar-refractivity contribution in [1.29, 1.82) is 0 Å². The number of aromatic nitrogens is 3. The van der Waals surface area contributed by atoms with Crippen molar-refractivity contribution in [3.63, 3.8) is 0 Å². The quantitative estimate of drug-likeness (QED) is 0.803. The van der Waals surface area contributed by atoms with Crippen molar-refractivity contribution in [2.45, 2.75) is 51.0 Å². The van der Waals surface area contributed by atoms with Crippen LogP contribution >= 0.6 is 11.8 Å². The molecule has 0 saturated carbocycles. The van der Waals surface area contributed by atoms with E-state index in [2.05, 4.69) is 15.2 Å². The summed E-state index contributed by atoms with van der Waals surface area (Å²) in [5, 5.41) is 8.73. The molecule has 0 N–H and O–H groups in total. The van der Waals surface area contributed by atoms with Gasteiger partial charge in [0, 0.05) is 28.5 Å². The molecule has 5 nitrogen and oxygen atoms in total. The molecule has 6 heteroatoms. The number of rotatable bonds is 4. The normalized spacial score (nSPS) is 11.7. The Hall–Kier alpha value is -1.56. The number of methoxy groups -OCH3 is 1. The molecule has 0 aliphatic heterocycles. The van der Waals surface area contributed by atoms with E-state index in [0.717, 1.165) is 22.6 Å². The molecule has 2 rings (SSSR count). The molecule has 0 fully saturated rings. The zero-order valence-electron chi connectivity index (χ0n) is 13.4. The van der Waals surface area contributed by atoms with Crippen molar-refractivity contribution >= 4 is 11.8 Å². The third-order valence-electron chi connectivity index (χ3n) is 3.13. The summed E-state index contributed by atoms with van der Waals surface area (Å²) in [5.74, 6) is 2.21. The van der Waals surface area contributed by atoms with Crippen molar-refractivity contribution in [2.24, 2.45) is 0 Å². The van der Waals surface area contributed by atoms with Gasteiger partial charge < -0.3 is 9.15 Å². The molecule has 2 aromatic rings. The van der Waals surface area contributed by atoms with Crippen LogP contribution in [0.25, 0.3) is 0 Å². The zero-order valence-corrected chi connectivity index (χ0v) is 14.2. The van der Waals surface area contributed by atoms with Gasteiger partial charge in [-0.15, -0.1) is 10.2 Å². The van der Waals surface area contributed by atoms with Crippen LogP contribution < -0.4 is 4.74 Å². The first kappa shape index (κ1) is 15.8. The Bertz CT molecular complexity index is 632. The van der Waals surface area contributed by atoms with Gasteiger partial charge in [0.05, 0.1) is 12.8 Å². The van der Waals surface area contributed by atoms with Gasteiger partial charge in [0.25, 0.3) is 5.22 Å². The van der Waals surface area contributed by atoms with Gasteiger partial charge in [-0.05, 0) is 13.8 Å². The Balaban J connectivity index is 2.12. The Morgan fingerprint density at radius 1 is 1.24 bits per heavy atom. The maximum Gasteiger partial charge on any atom is 0.276 e. The van der Waals surface area contributed by atoms with Crippen LogP contribution in [0, 0.1) is 13.8 Å². The van der Waals surface area contributed by atoms with Gasteiger partial charge in [0.2, 0.25) is 5.89 Å². The van der Waals surface area contributed by atoms with E-state index in [1.807, 2.05) is 40.8 Å². The highest BCUT2D eigenvalue weighted by atomic mass is 32.2. The summed E-state index contributed by atoms with van der Waals surface area (Å²) < 4.78 is 11.1. The monoisotopic (exact) mass is 307 g/mol. The molecule has 0 aliphatic rings. The average Bonchev–Trinajstić information content (AvgIpc) is 2.87. The van der Waals surface area contributed by atoms with Crippen molar-refractivity contribution in [2.75, 3.05) is 7.11 Å². The largest absolute Gasteiger partial charge is 0.496 e. The second kappa shape index (κ2) is 6.05. The van der Waals surface area contributed by atoms with Gasteiger partial charge in [0.1, 0.15) is 5.75 Å². The van der Waals surface area contributed by atoms with Crippen LogP contribution in [0.5, 0.6) is 5.75 Å². The Morgan fingerprint density at radius 2 is 1.95 bits per heavy atom. The van der Waals surface area contributed by atoms with Crippen LogP contribution in [0.2, 0.25) is 0 Å². The fraction of sp³-hybridized carbons (Fsp3) is 0.533. The highest BCUT2D eigenvalue weighted by Gasteiger charge is 2.21. The van der Waals surface area contributed by atoms with E-state index in [-0.39, 0.29) is 5.41 Å². The minimum atomic E-state index is -0.132. The topological polar surface area (TPSA) is 61.0 Å². The number of hydrogen-bond acceptors (Lipinski definition) is 6. The highest BCUT2D eigenvalue weighted by Crippen LogP contribution is 2.30. The molecule has 0 aromatic carbocycles. The fourth-order valence-electron chi connectivity index (χ4n) is 1.92. The Morgan fingerprint density at radius 3 is 2.52 bits per heavy atom. The van der Waals surface area contributed by atoms with Crippen LogP contribution in [0.15, 0.2) is 15.8 Å². The molecular formula is C15H21N3O2S. The van der Waals surface area contributed by atoms with Crippen molar-refractivity contribution in [1.82, 2.24) is 15.2 Å². The predicted molar refractivity (Wildman–Crippen MR) is 82.8 cm³/mol. The molecule has 114 valence electrons. The van der Waals surface area contributed by atoms with Crippen molar-refractivity contribution in [3.05, 3.63) is 28.9 Å². The molecule has 0 spiro atoms. The summed E-state index contributed by atoms with van der Waals surface area (Å²) >= 11 is 1.49. The van der Waals surface area contributed by atoms with Crippen LogP contribution in [0.4, 0.5) is 0 Å². The van der Waals surface area contributed by atoms with Gasteiger partial charge in [-0.2, -0.15) is 0 Å². The molecule has 2 aromatic heterocycles. The average molecular weight is 307 g/mol. The fourth-order valence-corrected chi connectivity index (χ4v) is 2.71. The molecule has 2 heterocycles. The van der Waals surface area contributed by atoms with E-state index in [1.54, 1.807) is 7.11 Å². The van der Waals surface area contributed by atoms with E-state index in [0.29, 0.717) is 16.9 Å². The third-order valence-corrected chi connectivity index (χ3v) is 3.96. The predicted octanol–water partition coefficient (Wildman–Crippen LogP) is 3.68. The minimum Gasteiger partial charge on any atom is -0.496 e. The lowest BCUT2D eigenvalue weighted by Crippen LogP contribution is -2.11. The number of thioether (sulfide) groups is 1. The first-order chi connectivity index (χ1) is 9.82. The summed E-state index contributed by atoms with van der Waals surface area (Å²) in [7, 11) is 1.68. The number of nitrogens with zero attached hydrogens (tertiary/aromatic N) is 3. The number of pyridine rings is 1. The number of hydrogen-bond donors (Lipinski definition) is 0. The molecule has 0 amide bonds. The maximum absolute atomic E-state index is 5.67. The van der Waals surface area contributed by atoms with Crippen molar-refractivity contribution < 1.29 is 9.15 Å². The van der Waals surface area contributed by atoms with E-state index < -0.39 is 0 Å². The third kappa shape index (κ3) is 3.56. The van der Waals surface area contributed by atoms with Crippen LogP contribution in [0.3, 0.4) is 0 Å². The van der Waals surface area contributed by atoms with Crippen LogP contribution in [-0.4, -0.2) is 22.3 Å². The second-order valence-corrected chi connectivity index (χ2v) is 6.88. The van der Waals surface area contributed by atoms with Gasteiger partial charge >= 0.3 is 0 Å².